The van der Waals surface area contributed by atoms with E-state index in [0.29, 0.717) is 71.0 Å². The predicted molar refractivity (Wildman–Crippen MR) is 403 cm³/mol. The molecule has 1 atom stereocenters. The van der Waals surface area contributed by atoms with Gasteiger partial charge in [-0.2, -0.15) is 32.9 Å². The molecule has 11 heterocycles. The Balaban J connectivity index is 0.000000484. The molecule has 9 nitrogen and oxygen atoms in total. The summed E-state index contributed by atoms with van der Waals surface area (Å²) < 4.78 is 0. The highest BCUT2D eigenvalue weighted by Gasteiger charge is 2.09. The Morgan fingerprint density at radius 3 is 1.39 bits per heavy atom. The molecule has 0 amide bonds. The van der Waals surface area contributed by atoms with Gasteiger partial charge in [-0.15, -0.1) is 45.3 Å². The summed E-state index contributed by atoms with van der Waals surface area (Å²) in [6.07, 6.45) is 27.7. The normalized spacial score (nSPS) is 14.4. The van der Waals surface area contributed by atoms with Crippen LogP contribution < -0.4 is 0 Å². The number of hydrogen-bond donors (Lipinski definition) is 0. The molecule has 5 aliphatic rings. The van der Waals surface area contributed by atoms with E-state index in [-0.39, 0.29) is 0 Å². The molecule has 0 aliphatic carbocycles. The van der Waals surface area contributed by atoms with Crippen LogP contribution in [0, 0.1) is 35.5 Å². The van der Waals surface area contributed by atoms with Gasteiger partial charge in [0.05, 0.1) is 21.7 Å². The second-order valence-corrected chi connectivity index (χ2v) is 29.6. The monoisotopic (exact) mass is 1310 g/mol. The lowest BCUT2D eigenvalue weighted by molar-refractivity contribution is 0.590. The van der Waals surface area contributed by atoms with E-state index in [4.69, 9.17) is 0 Å². The van der Waals surface area contributed by atoms with Crippen LogP contribution in [0.2, 0.25) is 0 Å². The lowest BCUT2D eigenvalue weighted by atomic mass is 9.99. The molecule has 0 spiro atoms. The maximum Gasteiger partial charge on any atom is 0.0950 e. The number of aliphatic imine (C=N–C) groups is 4. The van der Waals surface area contributed by atoms with Gasteiger partial charge in [0, 0.05) is 131 Å². The Labute approximate surface area is 559 Å². The first-order valence-corrected chi connectivity index (χ1v) is 37.0. The molecular weight excluding hydrogens is 1200 g/mol. The first-order chi connectivity index (χ1) is 41.8. The van der Waals surface area contributed by atoms with Gasteiger partial charge < -0.3 is 0 Å². The van der Waals surface area contributed by atoms with Crippen molar-refractivity contribution in [2.24, 2.45) is 65.7 Å². The largest absolute Gasteiger partial charge is 0.269 e. The smallest absolute Gasteiger partial charge is 0.0950 e. The standard InChI is InChI=1S/4C7H11N.3C7H10S.C6H10N2.3C6H9NS/c2*1-6(2)7-3-4-8-5-7;2*1-6(2)7-4-3-5-8-7;2*1-6(2)7-3-4-8-5-7;1-6(2)7-4-3-5-8-7;1-5(2)6-3-4-7-8-6;1-5(2)6-3-8-4-7-6;1-5(2)6-3-7-4-8-6;1-5(2)6-7-3-4-8-6/h4-6H,3H2,1-2H3;3-7H,1-2H3;4-6H,3H2,1-2H3;3,5-6H,4H2,1-2H3;3*3-6H,1-2H3;4-5H,3H2,1-2H3;3*3-5H,1-2H3. The summed E-state index contributed by atoms with van der Waals surface area (Å²) in [5.74, 6) is 7.69. The Morgan fingerprint density at radius 1 is 0.500 bits per heavy atom. The van der Waals surface area contributed by atoms with Gasteiger partial charge in [-0.1, -0.05) is 177 Å². The number of thiophene rings is 3. The third-order valence-corrected chi connectivity index (χ3v) is 18.5. The lowest BCUT2D eigenvalue weighted by Crippen LogP contribution is -2.03. The van der Waals surface area contributed by atoms with E-state index in [9.17, 15) is 0 Å². The van der Waals surface area contributed by atoms with E-state index in [1.807, 2.05) is 83.6 Å². The van der Waals surface area contributed by atoms with Crippen LogP contribution in [0.4, 0.5) is 0 Å². The summed E-state index contributed by atoms with van der Waals surface area (Å²) >= 11 is 10.5. The first kappa shape index (κ1) is 81.0. The van der Waals surface area contributed by atoms with E-state index in [2.05, 4.69) is 272 Å². The minimum absolute atomic E-state index is 0.567. The fourth-order valence-electron chi connectivity index (χ4n) is 7.02. The number of nitrogens with zero attached hydrogens (tertiary/aromatic N) is 9. The van der Waals surface area contributed by atoms with Crippen LogP contribution >= 0.6 is 68.0 Å². The van der Waals surface area contributed by atoms with E-state index < -0.39 is 0 Å². The van der Waals surface area contributed by atoms with Crippen molar-refractivity contribution in [2.45, 2.75) is 214 Å². The Hall–Kier alpha value is -5.03. The Bertz CT molecular complexity index is 2490. The van der Waals surface area contributed by atoms with Crippen molar-refractivity contribution in [3.8, 4) is 0 Å². The number of aromatic nitrogens is 3. The van der Waals surface area contributed by atoms with Crippen LogP contribution in [0.3, 0.4) is 0 Å². The van der Waals surface area contributed by atoms with E-state index >= 15 is 0 Å². The summed E-state index contributed by atoms with van der Waals surface area (Å²) in [5.41, 5.74) is 13.1. The van der Waals surface area contributed by atoms with Crippen molar-refractivity contribution in [3.63, 3.8) is 0 Å². The van der Waals surface area contributed by atoms with Gasteiger partial charge in [0.25, 0.3) is 0 Å². The second kappa shape index (κ2) is 48.8. The third-order valence-electron chi connectivity index (χ3n) is 13.2. The van der Waals surface area contributed by atoms with Crippen LogP contribution in [0.1, 0.15) is 245 Å². The quantitative estimate of drug-likeness (QED) is 0.129. The van der Waals surface area contributed by atoms with Crippen LogP contribution in [0.25, 0.3) is 0 Å². The fraction of sp³-hybridized carbons (Fsp3) is 0.521. The predicted octanol–water partition coefficient (Wildman–Crippen LogP) is 24.7. The van der Waals surface area contributed by atoms with Gasteiger partial charge in [0.15, 0.2) is 0 Å². The summed E-state index contributed by atoms with van der Waals surface area (Å²) in [4.78, 5) is 31.4. The molecule has 0 aromatic carbocycles. The molecule has 1 unspecified atom stereocenters. The maximum absolute atomic E-state index is 4.17. The van der Waals surface area contributed by atoms with Crippen molar-refractivity contribution in [3.05, 3.63) is 165 Å². The molecule has 0 N–H and O–H groups in total. The maximum atomic E-state index is 4.17. The minimum Gasteiger partial charge on any atom is -0.269 e. The van der Waals surface area contributed by atoms with Crippen molar-refractivity contribution in [2.75, 3.05) is 0 Å². The molecule has 11 rings (SSSR count). The first-order valence-electron chi connectivity index (χ1n) is 31.5. The number of thiazole rings is 3. The zero-order valence-corrected chi connectivity index (χ0v) is 62.6. The highest BCUT2D eigenvalue weighted by Crippen LogP contribution is 2.22. The Kier molecular flexibility index (Phi) is 44.9. The topological polar surface area (TPSA) is 113 Å². The van der Waals surface area contributed by atoms with Gasteiger partial charge in [-0.3, -0.25) is 25.0 Å². The SMILES string of the molecule is CC(C)C1=CCC=N1.CC(C)C1=CN=CC1.CC(C)C1=NC=CC1.CC(C)C1=NN=CC1.CC(C)C1C=CN=C1.CC(C)c1cccs1.CC(C)c1ccsc1.CC(C)c1ccsc1.CC(C)c1cncs1.CC(C)c1cscn1.CC(C)c1nccs1. The van der Waals surface area contributed by atoms with Crippen molar-refractivity contribution in [1.82, 2.24) is 15.0 Å². The van der Waals surface area contributed by atoms with E-state index in [1.54, 1.807) is 56.7 Å². The van der Waals surface area contributed by atoms with Crippen molar-refractivity contribution >= 4 is 104 Å². The van der Waals surface area contributed by atoms with Crippen molar-refractivity contribution in [1.29, 1.82) is 0 Å². The molecular formula is C73H111N9S6. The lowest BCUT2D eigenvalue weighted by Gasteiger charge is -2.05. The van der Waals surface area contributed by atoms with Gasteiger partial charge in [0.2, 0.25) is 0 Å². The van der Waals surface area contributed by atoms with E-state index in [0.717, 1.165) is 25.7 Å². The van der Waals surface area contributed by atoms with Crippen LogP contribution in [0.5, 0.6) is 0 Å². The highest BCUT2D eigenvalue weighted by molar-refractivity contribution is 7.10. The average Bonchev–Trinajstić information content (AvgIpc) is 4.34. The van der Waals surface area contributed by atoms with Gasteiger partial charge in [-0.25, -0.2) is 9.97 Å². The van der Waals surface area contributed by atoms with Gasteiger partial charge in [-0.05, 0) is 121 Å². The molecule has 484 valence electrons. The molecule has 0 fully saturated rings. The van der Waals surface area contributed by atoms with Crippen LogP contribution in [0.15, 0.2) is 164 Å². The van der Waals surface area contributed by atoms with Crippen molar-refractivity contribution < 1.29 is 0 Å². The van der Waals surface area contributed by atoms with Gasteiger partial charge in [0.1, 0.15) is 0 Å². The highest BCUT2D eigenvalue weighted by atomic mass is 32.1. The number of hydrogen-bond acceptors (Lipinski definition) is 15. The Morgan fingerprint density at radius 2 is 1.16 bits per heavy atom. The second-order valence-electron chi connectivity index (χ2n) is 24.5. The van der Waals surface area contributed by atoms with E-state index in [1.165, 1.54) is 54.3 Å². The summed E-state index contributed by atoms with van der Waals surface area (Å²) in [6, 6.07) is 8.62. The minimum atomic E-state index is 0.567. The molecule has 5 aliphatic heterocycles. The number of rotatable bonds is 11. The summed E-state index contributed by atoms with van der Waals surface area (Å²) in [5, 5.41) is 23.8. The summed E-state index contributed by atoms with van der Waals surface area (Å²) in [7, 11) is 0. The van der Waals surface area contributed by atoms with Crippen LogP contribution in [-0.2, 0) is 0 Å². The zero-order chi connectivity index (χ0) is 65.8. The zero-order valence-electron chi connectivity index (χ0n) is 57.7. The van der Waals surface area contributed by atoms with Gasteiger partial charge >= 0.3 is 0 Å². The molecule has 6 aromatic heterocycles. The average molecular weight is 1310 g/mol. The number of allylic oxidation sites excluding steroid dienone is 5. The molecule has 6 aromatic rings. The molecule has 88 heavy (non-hydrogen) atoms. The summed E-state index contributed by atoms with van der Waals surface area (Å²) in [6.45, 7) is 47.9. The molecule has 0 bridgehead atoms. The third kappa shape index (κ3) is 38.5. The molecule has 0 radical (unpaired) electrons. The molecule has 0 saturated carbocycles. The fourth-order valence-corrected chi connectivity index (χ4v) is 11.4. The molecule has 0 saturated heterocycles. The molecule has 15 heteroatoms. The van der Waals surface area contributed by atoms with Crippen LogP contribution in [-0.4, -0.2) is 51.2 Å².